The minimum atomic E-state index is -0.0317. The lowest BCUT2D eigenvalue weighted by molar-refractivity contribution is -0.0870. The predicted molar refractivity (Wildman–Crippen MR) is 86.6 cm³/mol. The van der Waals surface area contributed by atoms with Gasteiger partial charge in [-0.25, -0.2) is 0 Å². The van der Waals surface area contributed by atoms with Gasteiger partial charge in [0.15, 0.2) is 0 Å². The number of thiophene rings is 1. The third kappa shape index (κ3) is 2.62. The molecule has 3 heteroatoms. The second-order valence-electron chi connectivity index (χ2n) is 5.92. The van der Waals surface area contributed by atoms with Crippen molar-refractivity contribution < 1.29 is 4.74 Å². The molecule has 0 aliphatic carbocycles. The summed E-state index contributed by atoms with van der Waals surface area (Å²) in [5.41, 5.74) is 1.41. The van der Waals surface area contributed by atoms with E-state index < -0.39 is 0 Å². The van der Waals surface area contributed by atoms with E-state index in [-0.39, 0.29) is 5.60 Å². The summed E-state index contributed by atoms with van der Waals surface area (Å²) < 4.78 is 7.50. The standard InChI is InChI=1S/C17H23NOS/c1-17(9-5-6-10-19-17)16(18-2)11-13-12-20-15-8-4-3-7-14(13)15/h3-4,7-8,12,16,18H,5-6,9-11H2,1-2H3. The van der Waals surface area contributed by atoms with Crippen molar-refractivity contribution in [1.82, 2.24) is 5.32 Å². The van der Waals surface area contributed by atoms with Crippen LogP contribution in [-0.2, 0) is 11.2 Å². The second kappa shape index (κ2) is 5.84. The summed E-state index contributed by atoms with van der Waals surface area (Å²) in [4.78, 5) is 0. The van der Waals surface area contributed by atoms with Gasteiger partial charge in [-0.3, -0.25) is 0 Å². The fourth-order valence-electron chi connectivity index (χ4n) is 3.26. The van der Waals surface area contributed by atoms with Crippen LogP contribution in [-0.4, -0.2) is 25.3 Å². The van der Waals surface area contributed by atoms with E-state index in [1.807, 2.05) is 11.3 Å². The number of fused-ring (bicyclic) bond motifs is 1. The number of hydrogen-bond donors (Lipinski definition) is 1. The second-order valence-corrected chi connectivity index (χ2v) is 6.83. The first-order valence-corrected chi connectivity index (χ1v) is 8.37. The molecule has 1 aliphatic rings. The van der Waals surface area contributed by atoms with Crippen LogP contribution in [0.4, 0.5) is 0 Å². The fraction of sp³-hybridized carbons (Fsp3) is 0.529. The van der Waals surface area contributed by atoms with Crippen LogP contribution in [0.1, 0.15) is 31.7 Å². The molecule has 0 amide bonds. The molecule has 3 rings (SSSR count). The van der Waals surface area contributed by atoms with Gasteiger partial charge in [-0.2, -0.15) is 0 Å². The Kier molecular flexibility index (Phi) is 4.11. The van der Waals surface area contributed by atoms with Crippen LogP contribution >= 0.6 is 11.3 Å². The van der Waals surface area contributed by atoms with Crippen LogP contribution in [0, 0.1) is 0 Å². The maximum absolute atomic E-state index is 6.12. The molecule has 20 heavy (non-hydrogen) atoms. The van der Waals surface area contributed by atoms with Gasteiger partial charge in [0.25, 0.3) is 0 Å². The van der Waals surface area contributed by atoms with Gasteiger partial charge in [0.05, 0.1) is 5.60 Å². The van der Waals surface area contributed by atoms with E-state index in [4.69, 9.17) is 4.74 Å². The first-order valence-electron chi connectivity index (χ1n) is 7.49. The molecule has 1 fully saturated rings. The molecule has 1 aromatic heterocycles. The Morgan fingerprint density at radius 1 is 1.35 bits per heavy atom. The van der Waals surface area contributed by atoms with Crippen LogP contribution in [0.2, 0.25) is 0 Å². The van der Waals surface area contributed by atoms with Gasteiger partial charge < -0.3 is 10.1 Å². The van der Waals surface area contributed by atoms with Crippen LogP contribution in [0.15, 0.2) is 29.6 Å². The fourth-order valence-corrected chi connectivity index (χ4v) is 4.24. The van der Waals surface area contributed by atoms with Gasteiger partial charge in [0.1, 0.15) is 0 Å². The highest BCUT2D eigenvalue weighted by Gasteiger charge is 2.36. The molecule has 0 bridgehead atoms. The Morgan fingerprint density at radius 2 is 2.20 bits per heavy atom. The molecule has 0 spiro atoms. The SMILES string of the molecule is CNC(Cc1csc2ccccc12)C1(C)CCCCO1. The lowest BCUT2D eigenvalue weighted by Gasteiger charge is -2.40. The first-order chi connectivity index (χ1) is 9.73. The van der Waals surface area contributed by atoms with Gasteiger partial charge in [0, 0.05) is 17.3 Å². The molecule has 2 atom stereocenters. The lowest BCUT2D eigenvalue weighted by atomic mass is 9.84. The summed E-state index contributed by atoms with van der Waals surface area (Å²) in [6, 6.07) is 9.06. The van der Waals surface area contributed by atoms with Crippen molar-refractivity contribution in [3.05, 3.63) is 35.2 Å². The van der Waals surface area contributed by atoms with Gasteiger partial charge in [-0.05, 0) is 62.1 Å². The summed E-state index contributed by atoms with van der Waals surface area (Å²) in [6.07, 6.45) is 4.67. The van der Waals surface area contributed by atoms with Crippen LogP contribution in [0.5, 0.6) is 0 Å². The Morgan fingerprint density at radius 3 is 2.95 bits per heavy atom. The number of rotatable bonds is 4. The number of benzene rings is 1. The summed E-state index contributed by atoms with van der Waals surface area (Å²) in [7, 11) is 2.06. The highest BCUT2D eigenvalue weighted by atomic mass is 32.1. The molecule has 2 aromatic rings. The molecule has 2 heterocycles. The van der Waals surface area contributed by atoms with Gasteiger partial charge in [0.2, 0.25) is 0 Å². The lowest BCUT2D eigenvalue weighted by Crippen LogP contribution is -2.52. The van der Waals surface area contributed by atoms with Crippen molar-refractivity contribution >= 4 is 21.4 Å². The highest BCUT2D eigenvalue weighted by molar-refractivity contribution is 7.17. The monoisotopic (exact) mass is 289 g/mol. The first kappa shape index (κ1) is 14.1. The molecular formula is C17H23NOS. The molecule has 1 aromatic carbocycles. The quantitative estimate of drug-likeness (QED) is 0.919. The number of nitrogens with one attached hydrogen (secondary N) is 1. The van der Waals surface area contributed by atoms with Crippen molar-refractivity contribution in [2.75, 3.05) is 13.7 Å². The maximum Gasteiger partial charge on any atom is 0.0809 e. The molecule has 0 saturated carbocycles. The summed E-state index contributed by atoms with van der Waals surface area (Å²) in [5, 5.41) is 7.20. The maximum atomic E-state index is 6.12. The van der Waals surface area contributed by atoms with Crippen molar-refractivity contribution in [3.63, 3.8) is 0 Å². The number of likely N-dealkylation sites (N-methyl/N-ethyl adjacent to an activating group) is 1. The summed E-state index contributed by atoms with van der Waals surface area (Å²) in [6.45, 7) is 3.17. The molecule has 1 aliphatic heterocycles. The average molecular weight is 289 g/mol. The third-order valence-electron chi connectivity index (χ3n) is 4.57. The minimum Gasteiger partial charge on any atom is -0.374 e. The van der Waals surface area contributed by atoms with Crippen molar-refractivity contribution in [2.45, 2.75) is 44.2 Å². The van der Waals surface area contributed by atoms with E-state index in [2.05, 4.69) is 48.9 Å². The molecule has 2 nitrogen and oxygen atoms in total. The zero-order chi connectivity index (χ0) is 14.0. The summed E-state index contributed by atoms with van der Waals surface area (Å²) >= 11 is 1.84. The Labute approximate surface area is 125 Å². The third-order valence-corrected chi connectivity index (χ3v) is 5.58. The van der Waals surface area contributed by atoms with E-state index in [0.717, 1.165) is 19.4 Å². The normalized spacial score (nSPS) is 24.9. The molecule has 108 valence electrons. The van der Waals surface area contributed by atoms with Crippen molar-refractivity contribution in [1.29, 1.82) is 0 Å². The van der Waals surface area contributed by atoms with Gasteiger partial charge in [-0.15, -0.1) is 11.3 Å². The molecule has 1 saturated heterocycles. The van der Waals surface area contributed by atoms with Gasteiger partial charge >= 0.3 is 0 Å². The van der Waals surface area contributed by atoms with E-state index in [1.165, 1.54) is 28.5 Å². The number of ether oxygens (including phenoxy) is 1. The topological polar surface area (TPSA) is 21.3 Å². The van der Waals surface area contributed by atoms with E-state index in [0.29, 0.717) is 6.04 Å². The minimum absolute atomic E-state index is 0.0317. The van der Waals surface area contributed by atoms with Crippen molar-refractivity contribution in [2.24, 2.45) is 0 Å². The van der Waals surface area contributed by atoms with E-state index in [1.54, 1.807) is 0 Å². The molecule has 0 radical (unpaired) electrons. The average Bonchev–Trinajstić information content (AvgIpc) is 2.88. The summed E-state index contributed by atoms with van der Waals surface area (Å²) in [5.74, 6) is 0. The Bertz CT molecular complexity index is 571. The highest BCUT2D eigenvalue weighted by Crippen LogP contribution is 2.32. The Hall–Kier alpha value is -0.900. The Balaban J connectivity index is 1.84. The molecule has 1 N–H and O–H groups in total. The molecule has 2 unspecified atom stereocenters. The van der Waals surface area contributed by atoms with Crippen LogP contribution < -0.4 is 5.32 Å². The van der Waals surface area contributed by atoms with Crippen LogP contribution in [0.3, 0.4) is 0 Å². The smallest absolute Gasteiger partial charge is 0.0809 e. The number of hydrogen-bond acceptors (Lipinski definition) is 3. The van der Waals surface area contributed by atoms with Crippen LogP contribution in [0.25, 0.3) is 10.1 Å². The van der Waals surface area contributed by atoms with E-state index >= 15 is 0 Å². The zero-order valence-electron chi connectivity index (χ0n) is 12.3. The van der Waals surface area contributed by atoms with E-state index in [9.17, 15) is 0 Å². The van der Waals surface area contributed by atoms with Gasteiger partial charge in [-0.1, -0.05) is 18.2 Å². The van der Waals surface area contributed by atoms with Crippen molar-refractivity contribution in [3.8, 4) is 0 Å². The predicted octanol–water partition coefficient (Wildman–Crippen LogP) is 3.99. The zero-order valence-corrected chi connectivity index (χ0v) is 13.1. The molecular weight excluding hydrogens is 266 g/mol. The largest absolute Gasteiger partial charge is 0.374 e.